The Labute approximate surface area is 98.8 Å². The number of methoxy groups -OCH3 is 1. The highest BCUT2D eigenvalue weighted by atomic mass is 16.5. The fraction of sp³-hybridized carbons (Fsp3) is 0.333. The van der Waals surface area contributed by atoms with Gasteiger partial charge in [0.2, 0.25) is 0 Å². The summed E-state index contributed by atoms with van der Waals surface area (Å²) in [5.74, 6) is 0.417. The minimum Gasteiger partial charge on any atom is -0.469 e. The number of aromatic nitrogens is 1. The Balaban J connectivity index is 2.01. The average molecular weight is 234 g/mol. The number of rotatable bonds is 4. The molecule has 5 nitrogen and oxygen atoms in total. The molecule has 1 heterocycles. The van der Waals surface area contributed by atoms with E-state index in [4.69, 9.17) is 4.42 Å². The molecule has 0 aliphatic heterocycles. The zero-order valence-electron chi connectivity index (χ0n) is 9.82. The third-order valence-electron chi connectivity index (χ3n) is 2.38. The molecule has 1 aromatic heterocycles. The van der Waals surface area contributed by atoms with Crippen LogP contribution in [-0.4, -0.2) is 24.6 Å². The van der Waals surface area contributed by atoms with Crippen molar-refractivity contribution in [1.29, 1.82) is 0 Å². The first kappa shape index (κ1) is 11.4. The van der Waals surface area contributed by atoms with Gasteiger partial charge in [-0.2, -0.15) is 0 Å². The summed E-state index contributed by atoms with van der Waals surface area (Å²) in [6.45, 7) is 2.34. The van der Waals surface area contributed by atoms with Crippen LogP contribution in [0.15, 0.2) is 22.6 Å². The van der Waals surface area contributed by atoms with Gasteiger partial charge >= 0.3 is 5.97 Å². The predicted molar refractivity (Wildman–Crippen MR) is 63.9 cm³/mol. The van der Waals surface area contributed by atoms with E-state index in [1.807, 2.05) is 25.1 Å². The highest BCUT2D eigenvalue weighted by Gasteiger charge is 2.04. The number of anilines is 1. The molecule has 0 fully saturated rings. The summed E-state index contributed by atoms with van der Waals surface area (Å²) in [6, 6.07) is 5.65. The van der Waals surface area contributed by atoms with Gasteiger partial charge in [-0.1, -0.05) is 0 Å². The van der Waals surface area contributed by atoms with Crippen LogP contribution < -0.4 is 5.32 Å². The molecule has 0 aliphatic carbocycles. The molecule has 1 aromatic carbocycles. The summed E-state index contributed by atoms with van der Waals surface area (Å²) in [7, 11) is 1.38. The van der Waals surface area contributed by atoms with Crippen LogP contribution in [0.25, 0.3) is 11.1 Å². The Hall–Kier alpha value is -2.04. The number of carbonyl (C=O) groups is 1. The number of fused-ring (bicyclic) bond motifs is 1. The van der Waals surface area contributed by atoms with Crippen molar-refractivity contribution in [1.82, 2.24) is 4.98 Å². The molecule has 0 aliphatic rings. The highest BCUT2D eigenvalue weighted by molar-refractivity contribution is 5.77. The standard InChI is InChI=1S/C12H14N2O3/c1-8-14-10-4-3-9(7-11(10)17-8)13-6-5-12(15)16-2/h3-4,7,13H,5-6H2,1-2H3. The van der Waals surface area contributed by atoms with E-state index in [1.165, 1.54) is 7.11 Å². The van der Waals surface area contributed by atoms with E-state index in [2.05, 4.69) is 15.0 Å². The number of ether oxygens (including phenoxy) is 1. The lowest BCUT2D eigenvalue weighted by molar-refractivity contribution is -0.140. The number of benzene rings is 1. The predicted octanol–water partition coefficient (Wildman–Crippen LogP) is 2.11. The van der Waals surface area contributed by atoms with Crippen LogP contribution in [0.2, 0.25) is 0 Å². The smallest absolute Gasteiger partial charge is 0.307 e. The molecule has 0 saturated heterocycles. The second-order valence-corrected chi connectivity index (χ2v) is 3.67. The van der Waals surface area contributed by atoms with Crippen molar-refractivity contribution in [3.63, 3.8) is 0 Å². The molecule has 5 heteroatoms. The van der Waals surface area contributed by atoms with Gasteiger partial charge in [0.15, 0.2) is 11.5 Å². The summed E-state index contributed by atoms with van der Waals surface area (Å²) < 4.78 is 9.97. The van der Waals surface area contributed by atoms with E-state index in [0.29, 0.717) is 18.9 Å². The first-order valence-electron chi connectivity index (χ1n) is 5.37. The molecule has 0 saturated carbocycles. The highest BCUT2D eigenvalue weighted by Crippen LogP contribution is 2.19. The largest absolute Gasteiger partial charge is 0.469 e. The van der Waals surface area contributed by atoms with E-state index >= 15 is 0 Å². The molecular weight excluding hydrogens is 220 g/mol. The Bertz CT molecular complexity index is 534. The van der Waals surface area contributed by atoms with Gasteiger partial charge in [0.25, 0.3) is 0 Å². The Morgan fingerprint density at radius 3 is 3.12 bits per heavy atom. The topological polar surface area (TPSA) is 64.4 Å². The van der Waals surface area contributed by atoms with E-state index < -0.39 is 0 Å². The maximum Gasteiger partial charge on any atom is 0.307 e. The molecular formula is C12H14N2O3. The quantitative estimate of drug-likeness (QED) is 0.821. The van der Waals surface area contributed by atoms with Gasteiger partial charge < -0.3 is 14.5 Å². The van der Waals surface area contributed by atoms with Gasteiger partial charge in [-0.3, -0.25) is 4.79 Å². The monoisotopic (exact) mass is 234 g/mol. The van der Waals surface area contributed by atoms with Gasteiger partial charge in [0.1, 0.15) is 5.52 Å². The summed E-state index contributed by atoms with van der Waals surface area (Å²) in [5.41, 5.74) is 2.48. The SMILES string of the molecule is COC(=O)CCNc1ccc2nc(C)oc2c1. The summed E-state index contributed by atoms with van der Waals surface area (Å²) >= 11 is 0. The first-order chi connectivity index (χ1) is 8.19. The second kappa shape index (κ2) is 4.86. The Morgan fingerprint density at radius 1 is 1.53 bits per heavy atom. The number of nitrogens with zero attached hydrogens (tertiary/aromatic N) is 1. The van der Waals surface area contributed by atoms with Gasteiger partial charge in [-0.05, 0) is 12.1 Å². The van der Waals surface area contributed by atoms with Crippen molar-refractivity contribution in [2.45, 2.75) is 13.3 Å². The van der Waals surface area contributed by atoms with Crippen molar-refractivity contribution < 1.29 is 13.9 Å². The van der Waals surface area contributed by atoms with Crippen molar-refractivity contribution in [2.75, 3.05) is 19.0 Å². The van der Waals surface area contributed by atoms with Crippen molar-refractivity contribution in [3.8, 4) is 0 Å². The fourth-order valence-electron chi connectivity index (χ4n) is 1.56. The number of oxazole rings is 1. The summed E-state index contributed by atoms with van der Waals surface area (Å²) in [4.78, 5) is 15.1. The molecule has 17 heavy (non-hydrogen) atoms. The lowest BCUT2D eigenvalue weighted by atomic mass is 10.3. The van der Waals surface area contributed by atoms with Crippen LogP contribution >= 0.6 is 0 Å². The van der Waals surface area contributed by atoms with Gasteiger partial charge in [-0.15, -0.1) is 0 Å². The fourth-order valence-corrected chi connectivity index (χ4v) is 1.56. The molecule has 1 N–H and O–H groups in total. The summed E-state index contributed by atoms with van der Waals surface area (Å²) in [5, 5.41) is 3.12. The minimum absolute atomic E-state index is 0.228. The zero-order valence-corrected chi connectivity index (χ0v) is 9.82. The lowest BCUT2D eigenvalue weighted by Crippen LogP contribution is -2.09. The van der Waals surface area contributed by atoms with E-state index in [9.17, 15) is 4.79 Å². The second-order valence-electron chi connectivity index (χ2n) is 3.67. The molecule has 0 radical (unpaired) electrons. The number of hydrogen-bond donors (Lipinski definition) is 1. The van der Waals surface area contributed by atoms with Crippen LogP contribution in [0.1, 0.15) is 12.3 Å². The molecule has 0 bridgehead atoms. The van der Waals surface area contributed by atoms with Crippen molar-refractivity contribution in [3.05, 3.63) is 24.1 Å². The maximum atomic E-state index is 10.9. The number of nitrogens with one attached hydrogen (secondary N) is 1. The third-order valence-corrected chi connectivity index (χ3v) is 2.38. The van der Waals surface area contributed by atoms with E-state index in [0.717, 1.165) is 16.8 Å². The van der Waals surface area contributed by atoms with Crippen molar-refractivity contribution >= 4 is 22.8 Å². The van der Waals surface area contributed by atoms with Gasteiger partial charge in [-0.25, -0.2) is 4.98 Å². The van der Waals surface area contributed by atoms with Gasteiger partial charge in [0, 0.05) is 25.2 Å². The van der Waals surface area contributed by atoms with E-state index in [1.54, 1.807) is 0 Å². The Morgan fingerprint density at radius 2 is 2.35 bits per heavy atom. The zero-order chi connectivity index (χ0) is 12.3. The first-order valence-corrected chi connectivity index (χ1v) is 5.37. The molecule has 2 aromatic rings. The molecule has 0 atom stereocenters. The van der Waals surface area contributed by atoms with E-state index in [-0.39, 0.29) is 5.97 Å². The maximum absolute atomic E-state index is 10.9. The number of carbonyl (C=O) groups excluding carboxylic acids is 1. The number of aryl methyl sites for hydroxylation is 1. The van der Waals surface area contributed by atoms with Gasteiger partial charge in [0.05, 0.1) is 13.5 Å². The lowest BCUT2D eigenvalue weighted by Gasteiger charge is -2.04. The van der Waals surface area contributed by atoms with Crippen LogP contribution in [0.3, 0.4) is 0 Å². The number of esters is 1. The molecule has 0 spiro atoms. The minimum atomic E-state index is -0.228. The average Bonchev–Trinajstić information content (AvgIpc) is 2.68. The van der Waals surface area contributed by atoms with Crippen molar-refractivity contribution in [2.24, 2.45) is 0 Å². The van der Waals surface area contributed by atoms with Crippen LogP contribution in [0.5, 0.6) is 0 Å². The third kappa shape index (κ3) is 2.75. The Kier molecular flexibility index (Phi) is 3.27. The molecule has 0 amide bonds. The normalized spacial score (nSPS) is 10.5. The number of hydrogen-bond acceptors (Lipinski definition) is 5. The molecule has 0 unspecified atom stereocenters. The molecule has 2 rings (SSSR count). The molecule has 90 valence electrons. The van der Waals surface area contributed by atoms with Crippen LogP contribution in [0.4, 0.5) is 5.69 Å². The van der Waals surface area contributed by atoms with Crippen LogP contribution in [-0.2, 0) is 9.53 Å². The van der Waals surface area contributed by atoms with Crippen LogP contribution in [0, 0.1) is 6.92 Å². The summed E-state index contributed by atoms with van der Waals surface area (Å²) in [6.07, 6.45) is 0.337.